The van der Waals surface area contributed by atoms with Gasteiger partial charge in [0.2, 0.25) is 15.7 Å². The van der Waals surface area contributed by atoms with Gasteiger partial charge in [-0.15, -0.1) is 0 Å². The fraction of sp³-hybridized carbons (Fsp3) is 0.250. The third-order valence-corrected chi connectivity index (χ3v) is 7.10. The van der Waals surface area contributed by atoms with Gasteiger partial charge in [-0.2, -0.15) is 0 Å². The highest BCUT2D eigenvalue weighted by Crippen LogP contribution is 2.22. The molecule has 0 saturated carbocycles. The van der Waals surface area contributed by atoms with Crippen molar-refractivity contribution in [2.45, 2.75) is 43.7 Å². The molecule has 32 heavy (non-hydrogen) atoms. The van der Waals surface area contributed by atoms with Crippen LogP contribution in [0.5, 0.6) is 5.75 Å². The van der Waals surface area contributed by atoms with E-state index in [1.54, 1.807) is 51.3 Å². The number of nitrogens with zero attached hydrogens (tertiary/aromatic N) is 1. The van der Waals surface area contributed by atoms with E-state index in [9.17, 15) is 18.0 Å². The second kappa shape index (κ2) is 9.40. The zero-order valence-corrected chi connectivity index (χ0v) is 19.3. The Morgan fingerprint density at radius 2 is 1.72 bits per heavy atom. The van der Waals surface area contributed by atoms with Crippen LogP contribution >= 0.6 is 0 Å². The molecule has 1 heterocycles. The van der Waals surface area contributed by atoms with Gasteiger partial charge in [0.15, 0.2) is 0 Å². The van der Waals surface area contributed by atoms with Crippen molar-refractivity contribution in [2.24, 2.45) is 0 Å². The highest BCUT2D eigenvalue weighted by molar-refractivity contribution is 7.91. The first kappa shape index (κ1) is 23.3. The molecule has 0 saturated heterocycles. The van der Waals surface area contributed by atoms with Gasteiger partial charge in [-0.1, -0.05) is 29.8 Å². The van der Waals surface area contributed by atoms with E-state index in [0.29, 0.717) is 17.0 Å². The van der Waals surface area contributed by atoms with E-state index >= 15 is 0 Å². The van der Waals surface area contributed by atoms with E-state index in [0.717, 1.165) is 11.1 Å². The third-order valence-electron chi connectivity index (χ3n) is 5.17. The molecule has 0 aliphatic heterocycles. The van der Waals surface area contributed by atoms with Crippen molar-refractivity contribution in [3.8, 4) is 5.75 Å². The monoisotopic (exact) mass is 454 g/mol. The second-order valence-electron chi connectivity index (χ2n) is 7.63. The van der Waals surface area contributed by atoms with E-state index in [1.165, 1.54) is 16.7 Å². The second-order valence-corrected chi connectivity index (χ2v) is 9.52. The Hall–Kier alpha value is -3.39. The fourth-order valence-electron chi connectivity index (χ4n) is 3.45. The van der Waals surface area contributed by atoms with Crippen molar-refractivity contribution in [3.05, 3.63) is 87.3 Å². The predicted molar refractivity (Wildman–Crippen MR) is 122 cm³/mol. The van der Waals surface area contributed by atoms with Crippen LogP contribution in [0.3, 0.4) is 0 Å². The summed E-state index contributed by atoms with van der Waals surface area (Å²) < 4.78 is 32.7. The Morgan fingerprint density at radius 1 is 1.03 bits per heavy atom. The normalized spacial score (nSPS) is 11.2. The van der Waals surface area contributed by atoms with Crippen LogP contribution in [0.25, 0.3) is 0 Å². The summed E-state index contributed by atoms with van der Waals surface area (Å²) in [6.45, 7) is 5.08. The minimum atomic E-state index is -4.03. The van der Waals surface area contributed by atoms with Gasteiger partial charge in [0.05, 0.1) is 12.0 Å². The van der Waals surface area contributed by atoms with Crippen LogP contribution < -0.4 is 15.6 Å². The van der Waals surface area contributed by atoms with Crippen LogP contribution in [-0.2, 0) is 27.7 Å². The number of pyridine rings is 1. The van der Waals surface area contributed by atoms with E-state index in [4.69, 9.17) is 4.74 Å². The summed E-state index contributed by atoms with van der Waals surface area (Å²) in [4.78, 5) is 25.5. The van der Waals surface area contributed by atoms with Crippen molar-refractivity contribution in [1.82, 2.24) is 9.88 Å². The van der Waals surface area contributed by atoms with Gasteiger partial charge in [0, 0.05) is 12.2 Å². The lowest BCUT2D eigenvalue weighted by Crippen LogP contribution is -2.35. The minimum Gasteiger partial charge on any atom is -0.497 e. The van der Waals surface area contributed by atoms with Gasteiger partial charge in [-0.3, -0.25) is 9.59 Å². The molecule has 3 rings (SSSR count). The molecule has 3 aromatic rings. The summed E-state index contributed by atoms with van der Waals surface area (Å²) in [6, 6.07) is 15.2. The lowest BCUT2D eigenvalue weighted by molar-refractivity contribution is -0.121. The first-order valence-electron chi connectivity index (χ1n) is 10.1. The smallest absolute Gasteiger partial charge is 0.270 e. The number of hydrogen-bond donors (Lipinski definition) is 1. The van der Waals surface area contributed by atoms with E-state index in [2.05, 4.69) is 5.32 Å². The molecule has 0 fully saturated rings. The van der Waals surface area contributed by atoms with Crippen molar-refractivity contribution in [3.63, 3.8) is 0 Å². The van der Waals surface area contributed by atoms with Crippen molar-refractivity contribution in [2.75, 3.05) is 7.11 Å². The zero-order valence-electron chi connectivity index (χ0n) is 18.5. The summed E-state index contributed by atoms with van der Waals surface area (Å²) in [6.07, 6.45) is 0. The van der Waals surface area contributed by atoms with Crippen molar-refractivity contribution >= 4 is 15.7 Å². The van der Waals surface area contributed by atoms with Crippen LogP contribution in [0.1, 0.15) is 22.4 Å². The maximum absolute atomic E-state index is 13.2. The number of hydrogen-bond acceptors (Lipinski definition) is 5. The van der Waals surface area contributed by atoms with E-state index in [-0.39, 0.29) is 22.9 Å². The van der Waals surface area contributed by atoms with E-state index in [1.807, 2.05) is 19.1 Å². The topological polar surface area (TPSA) is 94.5 Å². The molecular formula is C24H26N2O5S. The van der Waals surface area contributed by atoms with Gasteiger partial charge in [0.25, 0.3) is 5.56 Å². The number of aryl methyl sites for hydroxylation is 3. The largest absolute Gasteiger partial charge is 0.497 e. The van der Waals surface area contributed by atoms with Gasteiger partial charge < -0.3 is 14.6 Å². The Morgan fingerprint density at radius 3 is 2.38 bits per heavy atom. The number of aromatic nitrogens is 1. The number of carbonyl (C=O) groups is 1. The predicted octanol–water partition coefficient (Wildman–Crippen LogP) is 2.93. The minimum absolute atomic E-state index is 0.0428. The summed E-state index contributed by atoms with van der Waals surface area (Å²) >= 11 is 0. The Labute approximate surface area is 187 Å². The molecule has 8 heteroatoms. The van der Waals surface area contributed by atoms with Crippen LogP contribution in [-0.4, -0.2) is 26.0 Å². The molecular weight excluding hydrogens is 428 g/mol. The molecule has 0 bridgehead atoms. The highest BCUT2D eigenvalue weighted by atomic mass is 32.2. The molecule has 0 radical (unpaired) electrons. The summed E-state index contributed by atoms with van der Waals surface area (Å²) in [5.41, 5.74) is 1.90. The lowest BCUT2D eigenvalue weighted by atomic mass is 10.2. The van der Waals surface area contributed by atoms with Gasteiger partial charge >= 0.3 is 0 Å². The molecule has 0 aliphatic rings. The van der Waals surface area contributed by atoms with Crippen LogP contribution in [0.2, 0.25) is 0 Å². The molecule has 0 spiro atoms. The summed E-state index contributed by atoms with van der Waals surface area (Å²) in [5.74, 6) is 0.272. The van der Waals surface area contributed by atoms with Crippen molar-refractivity contribution in [1.29, 1.82) is 0 Å². The van der Waals surface area contributed by atoms with Crippen molar-refractivity contribution < 1.29 is 17.9 Å². The Balaban J connectivity index is 1.88. The molecule has 0 aliphatic carbocycles. The number of methoxy groups -OCH3 is 1. The maximum Gasteiger partial charge on any atom is 0.270 e. The van der Waals surface area contributed by atoms with Gasteiger partial charge in [0.1, 0.15) is 17.2 Å². The summed E-state index contributed by atoms with van der Waals surface area (Å²) in [5, 5.41) is 2.76. The summed E-state index contributed by atoms with van der Waals surface area (Å²) in [7, 11) is -2.47. The Bertz CT molecular complexity index is 1310. The van der Waals surface area contributed by atoms with Gasteiger partial charge in [-0.25, -0.2) is 8.42 Å². The molecule has 0 atom stereocenters. The lowest BCUT2D eigenvalue weighted by Gasteiger charge is -2.15. The number of rotatable bonds is 7. The van der Waals surface area contributed by atoms with E-state index < -0.39 is 21.3 Å². The van der Waals surface area contributed by atoms with Crippen LogP contribution in [0, 0.1) is 20.8 Å². The number of nitrogens with one attached hydrogen (secondary N) is 1. The first-order valence-corrected chi connectivity index (χ1v) is 11.5. The molecule has 1 amide bonds. The molecule has 2 aromatic carbocycles. The quantitative estimate of drug-likeness (QED) is 0.592. The highest BCUT2D eigenvalue weighted by Gasteiger charge is 2.26. The molecule has 1 aromatic heterocycles. The third kappa shape index (κ3) is 4.91. The number of carbonyl (C=O) groups excluding carboxylic acids is 1. The maximum atomic E-state index is 13.2. The number of amides is 1. The average Bonchev–Trinajstić information content (AvgIpc) is 2.75. The molecule has 1 N–H and O–H groups in total. The zero-order chi connectivity index (χ0) is 23.5. The number of benzene rings is 2. The van der Waals surface area contributed by atoms with Crippen LogP contribution in [0.15, 0.2) is 69.2 Å². The standard InChI is InChI=1S/C24H26N2O5S/c1-16-8-10-21(11-9-16)32(29,30)23-17(2)12-18(3)26(24(23)28)15-22(27)25-14-19-6-5-7-20(13-19)31-4/h5-13H,14-15H2,1-4H3,(H,25,27). The number of sulfone groups is 1. The Kier molecular flexibility index (Phi) is 6.84. The molecule has 168 valence electrons. The van der Waals surface area contributed by atoms with Crippen LogP contribution in [0.4, 0.5) is 0 Å². The molecule has 0 unspecified atom stereocenters. The fourth-order valence-corrected chi connectivity index (χ4v) is 5.00. The molecule has 7 nitrogen and oxygen atoms in total. The first-order chi connectivity index (χ1) is 15.1. The van der Waals surface area contributed by atoms with Gasteiger partial charge in [-0.05, 0) is 62.2 Å². The average molecular weight is 455 g/mol. The number of ether oxygens (including phenoxy) is 1. The SMILES string of the molecule is COc1cccc(CNC(=O)Cn2c(C)cc(C)c(S(=O)(=O)c3ccc(C)cc3)c2=O)c1.